The number of nitrogens with zero attached hydrogens (tertiary/aromatic N) is 2. The Hall–Kier alpha value is -2.26. The van der Waals surface area contributed by atoms with E-state index in [4.69, 9.17) is 25.7 Å². The van der Waals surface area contributed by atoms with Crippen LogP contribution in [0.5, 0.6) is 17.2 Å². The number of anilines is 2. The standard InChI is InChI=1S/C16H17BrN4O3S/c1-22-9-5-7(11(17)13(24-3)12(9)23-2)4-8-6-25-15-10(8)14(18)20-16(19)21-15/h5-6H,4H2,1-3H3,(H4,18,19,20,21). The smallest absolute Gasteiger partial charge is 0.223 e. The molecule has 1 aromatic carbocycles. The van der Waals surface area contributed by atoms with Gasteiger partial charge in [0.15, 0.2) is 11.5 Å². The van der Waals surface area contributed by atoms with Crippen molar-refractivity contribution in [3.8, 4) is 17.2 Å². The zero-order valence-corrected chi connectivity index (χ0v) is 16.3. The van der Waals surface area contributed by atoms with Gasteiger partial charge < -0.3 is 25.7 Å². The third-order valence-electron chi connectivity index (χ3n) is 3.78. The van der Waals surface area contributed by atoms with E-state index in [1.54, 1.807) is 21.3 Å². The minimum absolute atomic E-state index is 0.173. The van der Waals surface area contributed by atoms with E-state index in [2.05, 4.69) is 25.9 Å². The summed E-state index contributed by atoms with van der Waals surface area (Å²) in [6, 6.07) is 1.91. The Morgan fingerprint density at radius 1 is 1.04 bits per heavy atom. The van der Waals surface area contributed by atoms with Crippen LogP contribution in [0.3, 0.4) is 0 Å². The highest BCUT2D eigenvalue weighted by Crippen LogP contribution is 2.45. The Morgan fingerprint density at radius 2 is 1.76 bits per heavy atom. The Bertz CT molecular complexity index is 945. The van der Waals surface area contributed by atoms with Gasteiger partial charge in [-0.3, -0.25) is 0 Å². The van der Waals surface area contributed by atoms with Crippen molar-refractivity contribution in [2.24, 2.45) is 0 Å². The van der Waals surface area contributed by atoms with Crippen LogP contribution in [0.2, 0.25) is 0 Å². The molecule has 0 aliphatic carbocycles. The fourth-order valence-electron chi connectivity index (χ4n) is 2.68. The molecule has 0 spiro atoms. The predicted octanol–water partition coefficient (Wildman–Crippen LogP) is 3.23. The second-order valence-electron chi connectivity index (χ2n) is 5.20. The van der Waals surface area contributed by atoms with Gasteiger partial charge in [-0.05, 0) is 38.5 Å². The van der Waals surface area contributed by atoms with E-state index in [1.165, 1.54) is 11.3 Å². The Balaban J connectivity index is 2.13. The normalized spacial score (nSPS) is 10.9. The van der Waals surface area contributed by atoms with Crippen LogP contribution in [0.15, 0.2) is 15.9 Å². The van der Waals surface area contributed by atoms with Crippen LogP contribution in [-0.2, 0) is 6.42 Å². The molecule has 0 radical (unpaired) electrons. The molecule has 0 aliphatic rings. The number of fused-ring (bicyclic) bond motifs is 1. The van der Waals surface area contributed by atoms with Crippen molar-refractivity contribution in [1.29, 1.82) is 0 Å². The van der Waals surface area contributed by atoms with Crippen molar-refractivity contribution >= 4 is 49.2 Å². The summed E-state index contributed by atoms with van der Waals surface area (Å²) in [6.07, 6.45) is 0.592. The maximum Gasteiger partial charge on any atom is 0.223 e. The summed E-state index contributed by atoms with van der Waals surface area (Å²) in [7, 11) is 4.74. The van der Waals surface area contributed by atoms with Crippen molar-refractivity contribution in [2.75, 3.05) is 32.8 Å². The minimum atomic E-state index is 0.173. The predicted molar refractivity (Wildman–Crippen MR) is 103 cm³/mol. The maximum atomic E-state index is 6.05. The van der Waals surface area contributed by atoms with Crippen LogP contribution in [0.4, 0.5) is 11.8 Å². The van der Waals surface area contributed by atoms with E-state index in [9.17, 15) is 0 Å². The second-order valence-corrected chi connectivity index (χ2v) is 6.85. The van der Waals surface area contributed by atoms with E-state index >= 15 is 0 Å². The summed E-state index contributed by atoms with van der Waals surface area (Å²) < 4.78 is 17.1. The molecule has 0 atom stereocenters. The summed E-state index contributed by atoms with van der Waals surface area (Å²) in [4.78, 5) is 9.07. The molecule has 3 rings (SSSR count). The lowest BCUT2D eigenvalue weighted by Gasteiger charge is -2.16. The second kappa shape index (κ2) is 6.93. The molecule has 7 nitrogen and oxygen atoms in total. The van der Waals surface area contributed by atoms with Gasteiger partial charge in [0.1, 0.15) is 10.6 Å². The van der Waals surface area contributed by atoms with Crippen LogP contribution in [0, 0.1) is 0 Å². The summed E-state index contributed by atoms with van der Waals surface area (Å²) >= 11 is 5.08. The maximum absolute atomic E-state index is 6.05. The van der Waals surface area contributed by atoms with E-state index < -0.39 is 0 Å². The molecular formula is C16H17BrN4O3S. The van der Waals surface area contributed by atoms with Crippen molar-refractivity contribution < 1.29 is 14.2 Å². The molecule has 0 saturated heterocycles. The minimum Gasteiger partial charge on any atom is -0.493 e. The topological polar surface area (TPSA) is 106 Å². The number of benzene rings is 1. The zero-order valence-electron chi connectivity index (χ0n) is 13.9. The SMILES string of the molecule is COc1cc(Cc2csc3nc(N)nc(N)c23)c(Br)c(OC)c1OC. The van der Waals surface area contributed by atoms with Crippen LogP contribution in [0.1, 0.15) is 11.1 Å². The average molecular weight is 425 g/mol. The molecule has 3 aromatic rings. The third kappa shape index (κ3) is 3.05. The number of thiophene rings is 1. The number of ether oxygens (including phenoxy) is 3. The molecule has 25 heavy (non-hydrogen) atoms. The molecule has 2 aromatic heterocycles. The van der Waals surface area contributed by atoms with Crippen LogP contribution < -0.4 is 25.7 Å². The van der Waals surface area contributed by atoms with Gasteiger partial charge in [0, 0.05) is 6.42 Å². The first-order chi connectivity index (χ1) is 12.0. The highest BCUT2D eigenvalue weighted by Gasteiger charge is 2.20. The van der Waals surface area contributed by atoms with Gasteiger partial charge in [0.2, 0.25) is 11.7 Å². The van der Waals surface area contributed by atoms with Crippen molar-refractivity contribution in [3.63, 3.8) is 0 Å². The van der Waals surface area contributed by atoms with Gasteiger partial charge >= 0.3 is 0 Å². The molecule has 0 aliphatic heterocycles. The van der Waals surface area contributed by atoms with Crippen molar-refractivity contribution in [1.82, 2.24) is 9.97 Å². The molecule has 0 unspecified atom stereocenters. The van der Waals surface area contributed by atoms with Crippen LogP contribution in [-0.4, -0.2) is 31.3 Å². The number of hydrogen-bond acceptors (Lipinski definition) is 8. The molecule has 4 N–H and O–H groups in total. The molecule has 0 saturated carbocycles. The molecule has 0 amide bonds. The molecular weight excluding hydrogens is 408 g/mol. The van der Waals surface area contributed by atoms with Crippen LogP contribution in [0.25, 0.3) is 10.2 Å². The summed E-state index contributed by atoms with van der Waals surface area (Å²) in [5, 5.41) is 2.82. The van der Waals surface area contributed by atoms with Gasteiger partial charge in [0.05, 0.1) is 31.2 Å². The van der Waals surface area contributed by atoms with Gasteiger partial charge in [-0.25, -0.2) is 4.98 Å². The first kappa shape index (κ1) is 17.6. The fraction of sp³-hybridized carbons (Fsp3) is 0.250. The Morgan fingerprint density at radius 3 is 2.40 bits per heavy atom. The Kier molecular flexibility index (Phi) is 4.87. The third-order valence-corrected chi connectivity index (χ3v) is 5.57. The molecule has 0 bridgehead atoms. The first-order valence-electron chi connectivity index (χ1n) is 7.26. The number of rotatable bonds is 5. The molecule has 0 fully saturated rings. The zero-order chi connectivity index (χ0) is 18.1. The Labute approximate surface area is 157 Å². The number of methoxy groups -OCH3 is 3. The largest absolute Gasteiger partial charge is 0.493 e. The van der Waals surface area contributed by atoms with Gasteiger partial charge in [-0.2, -0.15) is 4.98 Å². The van der Waals surface area contributed by atoms with E-state index in [0.717, 1.165) is 25.8 Å². The molecule has 9 heteroatoms. The van der Waals surface area contributed by atoms with Gasteiger partial charge in [0.25, 0.3) is 0 Å². The van der Waals surface area contributed by atoms with Gasteiger partial charge in [-0.15, -0.1) is 11.3 Å². The molecule has 2 heterocycles. The lowest BCUT2D eigenvalue weighted by atomic mass is 10.0. The number of nitrogens with two attached hydrogens (primary N) is 2. The van der Waals surface area contributed by atoms with E-state index in [0.29, 0.717) is 29.5 Å². The monoisotopic (exact) mass is 424 g/mol. The lowest BCUT2D eigenvalue weighted by Crippen LogP contribution is -2.01. The average Bonchev–Trinajstić information content (AvgIpc) is 2.98. The first-order valence-corrected chi connectivity index (χ1v) is 8.93. The highest BCUT2D eigenvalue weighted by atomic mass is 79.9. The fourth-order valence-corrected chi connectivity index (χ4v) is 4.23. The lowest BCUT2D eigenvalue weighted by molar-refractivity contribution is 0.322. The summed E-state index contributed by atoms with van der Waals surface area (Å²) in [5.74, 6) is 2.25. The number of aromatic nitrogens is 2. The number of hydrogen-bond donors (Lipinski definition) is 2. The van der Waals surface area contributed by atoms with Crippen LogP contribution >= 0.6 is 27.3 Å². The summed E-state index contributed by atoms with van der Waals surface area (Å²) in [6.45, 7) is 0. The van der Waals surface area contributed by atoms with Crippen molar-refractivity contribution in [2.45, 2.75) is 6.42 Å². The quantitative estimate of drug-likeness (QED) is 0.647. The highest BCUT2D eigenvalue weighted by molar-refractivity contribution is 9.10. The van der Waals surface area contributed by atoms with E-state index in [1.807, 2.05) is 11.4 Å². The number of halogens is 1. The van der Waals surface area contributed by atoms with E-state index in [-0.39, 0.29) is 5.95 Å². The van der Waals surface area contributed by atoms with Gasteiger partial charge in [-0.1, -0.05) is 0 Å². The van der Waals surface area contributed by atoms with Crippen molar-refractivity contribution in [3.05, 3.63) is 27.0 Å². The summed E-state index contributed by atoms with van der Waals surface area (Å²) in [5.41, 5.74) is 13.7. The number of nitrogen functional groups attached to an aromatic ring is 2. The molecule has 132 valence electrons.